The molecule has 1 heterocycles. The Bertz CT molecular complexity index is 254. The average molecular weight is 245 g/mol. The SMILES string of the molecule is CNC(=O)NC(=O)C(C)NCC1CCCS1. The molecule has 0 spiro atoms. The standard InChI is InChI=1S/C10H19N3O2S/c1-7(9(14)13-10(15)11-2)12-6-8-4-3-5-16-8/h7-8,12H,3-6H2,1-2H3,(H2,11,13,14,15). The first-order chi connectivity index (χ1) is 7.63. The Morgan fingerprint density at radius 1 is 1.50 bits per heavy atom. The van der Waals surface area contributed by atoms with Crippen molar-refractivity contribution >= 4 is 23.7 Å². The predicted octanol–water partition coefficient (Wildman–Crippen LogP) is 0.316. The maximum absolute atomic E-state index is 11.5. The van der Waals surface area contributed by atoms with Crippen LogP contribution in [0.1, 0.15) is 19.8 Å². The van der Waals surface area contributed by atoms with Gasteiger partial charge in [-0.1, -0.05) is 0 Å². The van der Waals surface area contributed by atoms with E-state index in [0.29, 0.717) is 5.25 Å². The lowest BCUT2D eigenvalue weighted by Gasteiger charge is -2.15. The number of imide groups is 1. The van der Waals surface area contributed by atoms with E-state index < -0.39 is 6.03 Å². The van der Waals surface area contributed by atoms with Crippen LogP contribution < -0.4 is 16.0 Å². The van der Waals surface area contributed by atoms with Crippen LogP contribution in [0, 0.1) is 0 Å². The molecule has 3 N–H and O–H groups in total. The minimum Gasteiger partial charge on any atom is -0.341 e. The van der Waals surface area contributed by atoms with E-state index in [-0.39, 0.29) is 11.9 Å². The molecule has 0 aliphatic carbocycles. The van der Waals surface area contributed by atoms with Gasteiger partial charge in [-0.2, -0.15) is 11.8 Å². The number of hydrogen-bond acceptors (Lipinski definition) is 4. The van der Waals surface area contributed by atoms with Gasteiger partial charge in [0.1, 0.15) is 0 Å². The minimum atomic E-state index is -0.464. The molecule has 1 aliphatic rings. The number of hydrogen-bond donors (Lipinski definition) is 3. The zero-order chi connectivity index (χ0) is 12.0. The third kappa shape index (κ3) is 4.40. The number of urea groups is 1. The quantitative estimate of drug-likeness (QED) is 0.667. The van der Waals surface area contributed by atoms with Crippen molar-refractivity contribution in [3.8, 4) is 0 Å². The van der Waals surface area contributed by atoms with Crippen molar-refractivity contribution in [2.45, 2.75) is 31.1 Å². The van der Waals surface area contributed by atoms with Crippen molar-refractivity contribution in [1.82, 2.24) is 16.0 Å². The van der Waals surface area contributed by atoms with Crippen molar-refractivity contribution in [3.05, 3.63) is 0 Å². The molecule has 0 bridgehead atoms. The van der Waals surface area contributed by atoms with Gasteiger partial charge < -0.3 is 10.6 Å². The summed E-state index contributed by atoms with van der Waals surface area (Å²) in [6, 6.07) is -0.799. The number of rotatable bonds is 4. The summed E-state index contributed by atoms with van der Waals surface area (Å²) in [7, 11) is 1.48. The molecule has 1 rings (SSSR count). The van der Waals surface area contributed by atoms with Gasteiger partial charge in [0.2, 0.25) is 5.91 Å². The van der Waals surface area contributed by atoms with Gasteiger partial charge >= 0.3 is 6.03 Å². The summed E-state index contributed by atoms with van der Waals surface area (Å²) in [4.78, 5) is 22.4. The minimum absolute atomic E-state index is 0.289. The molecule has 0 saturated carbocycles. The van der Waals surface area contributed by atoms with Gasteiger partial charge in [0.05, 0.1) is 6.04 Å². The summed E-state index contributed by atoms with van der Waals surface area (Å²) in [6.45, 7) is 2.59. The highest BCUT2D eigenvalue weighted by Crippen LogP contribution is 2.25. The normalized spacial score (nSPS) is 21.5. The molecule has 1 saturated heterocycles. The monoisotopic (exact) mass is 245 g/mol. The maximum Gasteiger partial charge on any atom is 0.321 e. The van der Waals surface area contributed by atoms with Crippen LogP contribution in [0.4, 0.5) is 4.79 Å². The van der Waals surface area contributed by atoms with E-state index in [2.05, 4.69) is 16.0 Å². The molecule has 6 heteroatoms. The second kappa shape index (κ2) is 6.75. The molecule has 1 fully saturated rings. The van der Waals surface area contributed by atoms with Gasteiger partial charge in [-0.05, 0) is 25.5 Å². The van der Waals surface area contributed by atoms with Crippen LogP contribution in [-0.4, -0.2) is 42.6 Å². The van der Waals surface area contributed by atoms with E-state index in [1.54, 1.807) is 6.92 Å². The van der Waals surface area contributed by atoms with Crippen LogP contribution in [0.2, 0.25) is 0 Å². The fourth-order valence-corrected chi connectivity index (χ4v) is 2.70. The molecular weight excluding hydrogens is 226 g/mol. The van der Waals surface area contributed by atoms with Crippen LogP contribution in [0.25, 0.3) is 0 Å². The molecule has 2 atom stereocenters. The van der Waals surface area contributed by atoms with Gasteiger partial charge in [-0.25, -0.2) is 4.79 Å². The number of nitrogens with one attached hydrogen (secondary N) is 3. The fraction of sp³-hybridized carbons (Fsp3) is 0.800. The highest BCUT2D eigenvalue weighted by atomic mass is 32.2. The third-order valence-corrected chi connectivity index (χ3v) is 3.93. The Morgan fingerprint density at radius 2 is 2.25 bits per heavy atom. The Morgan fingerprint density at radius 3 is 2.81 bits per heavy atom. The second-order valence-electron chi connectivity index (χ2n) is 3.83. The third-order valence-electron chi connectivity index (χ3n) is 2.53. The highest BCUT2D eigenvalue weighted by Gasteiger charge is 2.19. The van der Waals surface area contributed by atoms with Gasteiger partial charge in [0, 0.05) is 18.8 Å². The number of thioether (sulfide) groups is 1. The van der Waals surface area contributed by atoms with Crippen molar-refractivity contribution in [2.75, 3.05) is 19.3 Å². The van der Waals surface area contributed by atoms with Gasteiger partial charge in [0.15, 0.2) is 0 Å². The number of amides is 3. The van der Waals surface area contributed by atoms with E-state index in [9.17, 15) is 9.59 Å². The first-order valence-electron chi connectivity index (χ1n) is 5.51. The van der Waals surface area contributed by atoms with E-state index in [0.717, 1.165) is 6.54 Å². The van der Waals surface area contributed by atoms with Gasteiger partial charge in [0.25, 0.3) is 0 Å². The molecular formula is C10H19N3O2S. The largest absolute Gasteiger partial charge is 0.341 e. The Balaban J connectivity index is 2.20. The zero-order valence-corrected chi connectivity index (χ0v) is 10.5. The fourth-order valence-electron chi connectivity index (χ4n) is 1.49. The second-order valence-corrected chi connectivity index (χ2v) is 5.24. The van der Waals surface area contributed by atoms with Gasteiger partial charge in [-0.15, -0.1) is 0 Å². The summed E-state index contributed by atoms with van der Waals surface area (Å²) in [5.74, 6) is 0.924. The van der Waals surface area contributed by atoms with E-state index in [1.807, 2.05) is 11.8 Å². The zero-order valence-electron chi connectivity index (χ0n) is 9.71. The summed E-state index contributed by atoms with van der Waals surface area (Å²) in [6.07, 6.45) is 2.47. The molecule has 0 aromatic heterocycles. The summed E-state index contributed by atoms with van der Waals surface area (Å²) >= 11 is 1.94. The van der Waals surface area contributed by atoms with Crippen molar-refractivity contribution < 1.29 is 9.59 Å². The van der Waals surface area contributed by atoms with Gasteiger partial charge in [-0.3, -0.25) is 10.1 Å². The molecule has 1 aliphatic heterocycles. The Hall–Kier alpha value is -0.750. The molecule has 0 radical (unpaired) electrons. The van der Waals surface area contributed by atoms with Crippen LogP contribution in [-0.2, 0) is 4.79 Å². The van der Waals surface area contributed by atoms with Crippen LogP contribution in [0.5, 0.6) is 0 Å². The molecule has 92 valence electrons. The lowest BCUT2D eigenvalue weighted by molar-refractivity contribution is -0.121. The van der Waals surface area contributed by atoms with Crippen molar-refractivity contribution in [2.24, 2.45) is 0 Å². The topological polar surface area (TPSA) is 70.2 Å². The molecule has 0 aromatic carbocycles. The average Bonchev–Trinajstić information content (AvgIpc) is 2.78. The molecule has 2 unspecified atom stereocenters. The van der Waals surface area contributed by atoms with Crippen LogP contribution >= 0.6 is 11.8 Å². The smallest absolute Gasteiger partial charge is 0.321 e. The van der Waals surface area contributed by atoms with E-state index in [1.165, 1.54) is 25.6 Å². The van der Waals surface area contributed by atoms with E-state index >= 15 is 0 Å². The first kappa shape index (κ1) is 13.3. The van der Waals surface area contributed by atoms with Crippen LogP contribution in [0.15, 0.2) is 0 Å². The van der Waals surface area contributed by atoms with Crippen molar-refractivity contribution in [1.29, 1.82) is 0 Å². The Kier molecular flexibility index (Phi) is 5.62. The molecule has 0 aromatic rings. The summed E-state index contributed by atoms with van der Waals surface area (Å²) in [5.41, 5.74) is 0. The number of carbonyl (C=O) groups is 2. The summed E-state index contributed by atoms with van der Waals surface area (Å²) < 4.78 is 0. The predicted molar refractivity (Wildman–Crippen MR) is 65.5 cm³/mol. The highest BCUT2D eigenvalue weighted by molar-refractivity contribution is 8.00. The Labute approximate surface area is 100 Å². The molecule has 16 heavy (non-hydrogen) atoms. The maximum atomic E-state index is 11.5. The van der Waals surface area contributed by atoms with Crippen LogP contribution in [0.3, 0.4) is 0 Å². The molecule has 5 nitrogen and oxygen atoms in total. The summed E-state index contributed by atoms with van der Waals surface area (Å²) in [5, 5.41) is 8.34. The first-order valence-corrected chi connectivity index (χ1v) is 6.56. The lowest BCUT2D eigenvalue weighted by atomic mass is 10.2. The van der Waals surface area contributed by atoms with Crippen molar-refractivity contribution in [3.63, 3.8) is 0 Å². The lowest BCUT2D eigenvalue weighted by Crippen LogP contribution is -2.48. The van der Waals surface area contributed by atoms with E-state index in [4.69, 9.17) is 0 Å². The number of carbonyl (C=O) groups excluding carboxylic acids is 2. The molecule has 3 amide bonds.